The van der Waals surface area contributed by atoms with Gasteiger partial charge in [0, 0.05) is 23.2 Å². The van der Waals surface area contributed by atoms with Gasteiger partial charge in [0.25, 0.3) is 5.91 Å². The number of hydrogen-bond acceptors (Lipinski definition) is 3. The highest BCUT2D eigenvalue weighted by Crippen LogP contribution is 2.14. The number of aromatic nitrogens is 1. The van der Waals surface area contributed by atoms with Crippen molar-refractivity contribution >= 4 is 29.7 Å². The van der Waals surface area contributed by atoms with Crippen LogP contribution in [0.25, 0.3) is 0 Å². The summed E-state index contributed by atoms with van der Waals surface area (Å²) in [6.07, 6.45) is 3.97. The molecule has 2 N–H and O–H groups in total. The molecule has 2 atom stereocenters. The Balaban J connectivity index is 0.00000176. The lowest BCUT2D eigenvalue weighted by atomic mass is 10.0. The molecule has 0 aromatic carbocycles. The summed E-state index contributed by atoms with van der Waals surface area (Å²) in [5, 5.41) is 8.65. The van der Waals surface area contributed by atoms with Crippen molar-refractivity contribution in [1.82, 2.24) is 15.2 Å². The lowest BCUT2D eigenvalue weighted by Crippen LogP contribution is -2.46. The lowest BCUT2D eigenvalue weighted by Gasteiger charge is -2.28. The second kappa shape index (κ2) is 7.81. The Kier molecular flexibility index (Phi) is 6.06. The maximum atomic E-state index is 12.5. The van der Waals surface area contributed by atoms with Crippen LogP contribution < -0.4 is 10.6 Å². The van der Waals surface area contributed by atoms with Gasteiger partial charge in [-0.25, -0.2) is 0 Å². The fourth-order valence-electron chi connectivity index (χ4n) is 2.85. The van der Waals surface area contributed by atoms with Crippen molar-refractivity contribution in [3.05, 3.63) is 46.4 Å². The first-order valence-corrected chi connectivity index (χ1v) is 8.32. The summed E-state index contributed by atoms with van der Waals surface area (Å²) in [7, 11) is 0. The molecule has 2 unspecified atom stereocenters. The number of nitrogens with zero attached hydrogens (tertiary/aromatic N) is 1. The number of nitrogens with one attached hydrogen (secondary N) is 2. The van der Waals surface area contributed by atoms with E-state index in [0.717, 1.165) is 31.6 Å². The van der Waals surface area contributed by atoms with Crippen LogP contribution in [0.5, 0.6) is 0 Å². The predicted molar refractivity (Wildman–Crippen MR) is 93.1 cm³/mol. The molecule has 1 fully saturated rings. The number of piperidine rings is 1. The first-order valence-electron chi connectivity index (χ1n) is 7.44. The Bertz CT molecular complexity index is 596. The van der Waals surface area contributed by atoms with Crippen molar-refractivity contribution in [2.24, 2.45) is 0 Å². The summed E-state index contributed by atoms with van der Waals surface area (Å²) >= 11 is 1.72. The number of carbonyl (C=O) groups is 1. The third-order valence-corrected chi connectivity index (χ3v) is 4.79. The predicted octanol–water partition coefficient (Wildman–Crippen LogP) is 2.89. The smallest absolute Gasteiger partial charge is 0.268 e. The Morgan fingerprint density at radius 1 is 1.45 bits per heavy atom. The van der Waals surface area contributed by atoms with Crippen LogP contribution in [0, 0.1) is 0 Å². The van der Waals surface area contributed by atoms with Crippen LogP contribution in [0.4, 0.5) is 0 Å². The molecule has 120 valence electrons. The topological polar surface area (TPSA) is 46.1 Å². The average Bonchev–Trinajstić information content (AvgIpc) is 3.10. The minimum atomic E-state index is 0. The zero-order valence-electron chi connectivity index (χ0n) is 12.6. The van der Waals surface area contributed by atoms with Crippen LogP contribution in [-0.4, -0.2) is 29.1 Å². The van der Waals surface area contributed by atoms with Crippen LogP contribution >= 0.6 is 23.7 Å². The average molecular weight is 340 g/mol. The van der Waals surface area contributed by atoms with E-state index in [1.54, 1.807) is 11.3 Å². The van der Waals surface area contributed by atoms with Gasteiger partial charge in [-0.2, -0.15) is 0 Å². The van der Waals surface area contributed by atoms with E-state index in [1.807, 2.05) is 29.0 Å². The number of carbonyl (C=O) groups excluding carboxylic acids is 1. The van der Waals surface area contributed by atoms with Crippen LogP contribution in [0.1, 0.15) is 35.1 Å². The molecule has 3 heterocycles. The van der Waals surface area contributed by atoms with E-state index in [2.05, 4.69) is 29.0 Å². The molecule has 6 heteroatoms. The van der Waals surface area contributed by atoms with Crippen LogP contribution in [0.15, 0.2) is 35.8 Å². The van der Waals surface area contributed by atoms with Gasteiger partial charge in [-0.15, -0.1) is 23.7 Å². The molecular weight excluding hydrogens is 318 g/mol. The van der Waals surface area contributed by atoms with E-state index in [-0.39, 0.29) is 24.4 Å². The Morgan fingerprint density at radius 2 is 2.32 bits per heavy atom. The fourth-order valence-corrected chi connectivity index (χ4v) is 3.55. The molecule has 0 bridgehead atoms. The van der Waals surface area contributed by atoms with Crippen LogP contribution in [-0.2, 0) is 6.54 Å². The van der Waals surface area contributed by atoms with Crippen LogP contribution in [0.3, 0.4) is 0 Å². The first kappa shape index (κ1) is 17.1. The third kappa shape index (κ3) is 4.12. The van der Waals surface area contributed by atoms with E-state index in [0.29, 0.717) is 6.04 Å². The Labute approximate surface area is 141 Å². The Morgan fingerprint density at radius 3 is 3.05 bits per heavy atom. The summed E-state index contributed by atoms with van der Waals surface area (Å²) in [5.41, 5.74) is 0.745. The van der Waals surface area contributed by atoms with Crippen LogP contribution in [0.2, 0.25) is 0 Å². The van der Waals surface area contributed by atoms with Gasteiger partial charge in [-0.3, -0.25) is 4.79 Å². The molecule has 0 saturated carbocycles. The highest BCUT2D eigenvalue weighted by molar-refractivity contribution is 7.09. The molecule has 2 aromatic rings. The standard InChI is InChI=1S/C16H21N3OS.ClH/c1-12-10-13(6-7-17-12)18-16(20)15-5-2-8-19(15)11-14-4-3-9-21-14;/h2-5,8-9,12-13,17H,6-7,10-11H2,1H3,(H,18,20);1H. The van der Waals surface area contributed by atoms with E-state index >= 15 is 0 Å². The number of amides is 1. The minimum Gasteiger partial charge on any atom is -0.348 e. The van der Waals surface area contributed by atoms with Gasteiger partial charge in [0.15, 0.2) is 0 Å². The van der Waals surface area contributed by atoms with Gasteiger partial charge < -0.3 is 15.2 Å². The van der Waals surface area contributed by atoms with Gasteiger partial charge >= 0.3 is 0 Å². The zero-order valence-corrected chi connectivity index (χ0v) is 14.3. The Hall–Kier alpha value is -1.30. The number of thiophene rings is 1. The lowest BCUT2D eigenvalue weighted by molar-refractivity contribution is 0.0916. The molecule has 3 rings (SSSR count). The van der Waals surface area contributed by atoms with Crippen molar-refractivity contribution in [2.75, 3.05) is 6.54 Å². The number of rotatable bonds is 4. The highest BCUT2D eigenvalue weighted by Gasteiger charge is 2.21. The second-order valence-corrected chi connectivity index (χ2v) is 6.68. The molecule has 2 aromatic heterocycles. The van der Waals surface area contributed by atoms with Gasteiger partial charge in [-0.05, 0) is 49.9 Å². The maximum Gasteiger partial charge on any atom is 0.268 e. The summed E-state index contributed by atoms with van der Waals surface area (Å²) in [6.45, 7) is 3.90. The first-order chi connectivity index (χ1) is 10.2. The summed E-state index contributed by atoms with van der Waals surface area (Å²) in [6, 6.07) is 8.72. The van der Waals surface area contributed by atoms with E-state index in [4.69, 9.17) is 0 Å². The zero-order chi connectivity index (χ0) is 14.7. The molecule has 0 spiro atoms. The summed E-state index contributed by atoms with van der Waals surface area (Å²) < 4.78 is 2.02. The van der Waals surface area contributed by atoms with Crippen molar-refractivity contribution < 1.29 is 4.79 Å². The van der Waals surface area contributed by atoms with Crippen molar-refractivity contribution in [3.8, 4) is 0 Å². The summed E-state index contributed by atoms with van der Waals surface area (Å²) in [4.78, 5) is 13.7. The highest BCUT2D eigenvalue weighted by atomic mass is 35.5. The van der Waals surface area contributed by atoms with Gasteiger partial charge in [0.1, 0.15) is 5.69 Å². The van der Waals surface area contributed by atoms with Gasteiger partial charge in [0.2, 0.25) is 0 Å². The van der Waals surface area contributed by atoms with Crippen molar-refractivity contribution in [3.63, 3.8) is 0 Å². The normalized spacial score (nSPS) is 21.1. The molecule has 1 saturated heterocycles. The minimum absolute atomic E-state index is 0. The van der Waals surface area contributed by atoms with E-state index in [1.165, 1.54) is 4.88 Å². The molecule has 0 radical (unpaired) electrons. The van der Waals surface area contributed by atoms with Crippen molar-refractivity contribution in [2.45, 2.75) is 38.4 Å². The van der Waals surface area contributed by atoms with E-state index < -0.39 is 0 Å². The van der Waals surface area contributed by atoms with Gasteiger partial charge in [-0.1, -0.05) is 6.07 Å². The fraction of sp³-hybridized carbons (Fsp3) is 0.438. The molecule has 1 amide bonds. The maximum absolute atomic E-state index is 12.5. The van der Waals surface area contributed by atoms with Crippen molar-refractivity contribution in [1.29, 1.82) is 0 Å². The molecule has 22 heavy (non-hydrogen) atoms. The SMILES string of the molecule is CC1CC(NC(=O)c2cccn2Cc2cccs2)CCN1.Cl. The second-order valence-electron chi connectivity index (χ2n) is 5.65. The molecule has 1 aliphatic heterocycles. The summed E-state index contributed by atoms with van der Waals surface area (Å²) in [5.74, 6) is 0.0376. The molecule has 1 aliphatic rings. The molecular formula is C16H22ClN3OS. The number of hydrogen-bond donors (Lipinski definition) is 2. The largest absolute Gasteiger partial charge is 0.348 e. The third-order valence-electron chi connectivity index (χ3n) is 3.93. The quantitative estimate of drug-likeness (QED) is 0.899. The van der Waals surface area contributed by atoms with Gasteiger partial charge in [0.05, 0.1) is 6.54 Å². The monoisotopic (exact) mass is 339 g/mol. The molecule has 0 aliphatic carbocycles. The molecule has 4 nitrogen and oxygen atoms in total. The van der Waals surface area contributed by atoms with E-state index in [9.17, 15) is 4.79 Å². The number of halogens is 1.